The van der Waals surface area contributed by atoms with Crippen molar-refractivity contribution in [3.8, 4) is 11.5 Å². The lowest BCUT2D eigenvalue weighted by Crippen LogP contribution is -2.22. The SMILES string of the molecule is COc1cccc(C(CCSc2nc3ccc(OC)cc3s2)S(N)(=O)=O)c1. The van der Waals surface area contributed by atoms with E-state index < -0.39 is 15.3 Å². The van der Waals surface area contributed by atoms with E-state index in [2.05, 4.69) is 4.98 Å². The molecule has 1 atom stereocenters. The summed E-state index contributed by atoms with van der Waals surface area (Å²) in [4.78, 5) is 4.57. The fourth-order valence-electron chi connectivity index (χ4n) is 2.69. The molecular weight excluding hydrogens is 404 g/mol. The third-order valence-electron chi connectivity index (χ3n) is 4.04. The Morgan fingerprint density at radius 3 is 2.59 bits per heavy atom. The summed E-state index contributed by atoms with van der Waals surface area (Å²) in [5, 5.41) is 4.69. The standard InChI is InChI=1S/C18H20N2O4S3/c1-23-13-5-3-4-12(10-13)17(27(19,21)22)8-9-25-18-20-15-7-6-14(24-2)11-16(15)26-18/h3-7,10-11,17H,8-9H2,1-2H3,(H2,19,21,22). The summed E-state index contributed by atoms with van der Waals surface area (Å²) in [6, 6.07) is 12.7. The summed E-state index contributed by atoms with van der Waals surface area (Å²) in [6.45, 7) is 0. The Balaban J connectivity index is 1.72. The Morgan fingerprint density at radius 2 is 1.89 bits per heavy atom. The Bertz CT molecular complexity index is 1030. The van der Waals surface area contributed by atoms with Gasteiger partial charge >= 0.3 is 0 Å². The molecule has 3 aromatic rings. The predicted molar refractivity (Wildman–Crippen MR) is 110 cm³/mol. The molecule has 0 aliphatic heterocycles. The summed E-state index contributed by atoms with van der Waals surface area (Å²) in [5.41, 5.74) is 1.53. The molecule has 0 spiro atoms. The van der Waals surface area contributed by atoms with Crippen LogP contribution in [0.2, 0.25) is 0 Å². The fourth-order valence-corrected chi connectivity index (χ4v) is 5.98. The van der Waals surface area contributed by atoms with Crippen molar-refractivity contribution in [1.82, 2.24) is 4.98 Å². The number of primary sulfonamides is 1. The fraction of sp³-hybridized carbons (Fsp3) is 0.278. The number of hydrogen-bond acceptors (Lipinski definition) is 7. The predicted octanol–water partition coefficient (Wildman–Crippen LogP) is 3.83. The molecule has 0 saturated carbocycles. The van der Waals surface area contributed by atoms with E-state index in [9.17, 15) is 8.42 Å². The van der Waals surface area contributed by atoms with E-state index in [1.165, 1.54) is 11.8 Å². The number of ether oxygens (including phenoxy) is 2. The van der Waals surface area contributed by atoms with Crippen LogP contribution in [0.3, 0.4) is 0 Å². The summed E-state index contributed by atoms with van der Waals surface area (Å²) in [7, 11) is -0.560. The number of aromatic nitrogens is 1. The highest BCUT2D eigenvalue weighted by Gasteiger charge is 2.24. The van der Waals surface area contributed by atoms with Gasteiger partial charge in [-0.25, -0.2) is 18.5 Å². The van der Waals surface area contributed by atoms with Crippen LogP contribution in [0.25, 0.3) is 10.2 Å². The van der Waals surface area contributed by atoms with E-state index in [1.54, 1.807) is 49.8 Å². The first-order chi connectivity index (χ1) is 12.9. The second-order valence-corrected chi connectivity index (χ2v) is 9.92. The van der Waals surface area contributed by atoms with Gasteiger partial charge in [0.2, 0.25) is 10.0 Å². The number of thioether (sulfide) groups is 1. The van der Waals surface area contributed by atoms with Crippen LogP contribution in [0.1, 0.15) is 17.2 Å². The minimum atomic E-state index is -3.73. The lowest BCUT2D eigenvalue weighted by Gasteiger charge is -2.15. The number of rotatable bonds is 8. The molecule has 6 nitrogen and oxygen atoms in total. The number of methoxy groups -OCH3 is 2. The number of thiazole rings is 1. The van der Waals surface area contributed by atoms with Gasteiger partial charge in [0.25, 0.3) is 0 Å². The first-order valence-corrected chi connectivity index (χ1v) is 11.5. The van der Waals surface area contributed by atoms with Gasteiger partial charge in [0.1, 0.15) is 16.7 Å². The Kier molecular flexibility index (Phi) is 6.25. The van der Waals surface area contributed by atoms with E-state index in [1.807, 2.05) is 18.2 Å². The number of benzene rings is 2. The minimum Gasteiger partial charge on any atom is -0.497 e. The second-order valence-electron chi connectivity index (χ2n) is 5.80. The van der Waals surface area contributed by atoms with E-state index in [4.69, 9.17) is 14.6 Å². The van der Waals surface area contributed by atoms with Crippen LogP contribution in [0, 0.1) is 0 Å². The van der Waals surface area contributed by atoms with Gasteiger partial charge in [-0.2, -0.15) is 0 Å². The van der Waals surface area contributed by atoms with Crippen LogP contribution in [0.5, 0.6) is 11.5 Å². The number of hydrogen-bond donors (Lipinski definition) is 1. The van der Waals surface area contributed by atoms with Crippen LogP contribution < -0.4 is 14.6 Å². The largest absolute Gasteiger partial charge is 0.497 e. The maximum atomic E-state index is 12.1. The van der Waals surface area contributed by atoms with Crippen LogP contribution >= 0.6 is 23.1 Å². The summed E-state index contributed by atoms with van der Waals surface area (Å²) >= 11 is 3.08. The second kappa shape index (κ2) is 8.47. The van der Waals surface area contributed by atoms with E-state index >= 15 is 0 Å². The van der Waals surface area contributed by atoms with E-state index in [0.29, 0.717) is 23.5 Å². The zero-order chi connectivity index (χ0) is 19.4. The topological polar surface area (TPSA) is 91.5 Å². The summed E-state index contributed by atoms with van der Waals surface area (Å²) < 4.78 is 36.5. The maximum absolute atomic E-state index is 12.1. The molecule has 2 N–H and O–H groups in total. The number of fused-ring (bicyclic) bond motifs is 1. The molecule has 1 aromatic heterocycles. The number of nitrogens with two attached hydrogens (primary N) is 1. The molecule has 0 aliphatic carbocycles. The molecule has 0 fully saturated rings. The first kappa shape index (κ1) is 19.9. The molecule has 3 rings (SSSR count). The van der Waals surface area contributed by atoms with Crippen molar-refractivity contribution in [2.45, 2.75) is 16.0 Å². The van der Waals surface area contributed by atoms with Crippen molar-refractivity contribution < 1.29 is 17.9 Å². The van der Waals surface area contributed by atoms with Crippen LogP contribution in [0.15, 0.2) is 46.8 Å². The molecule has 0 bridgehead atoms. The van der Waals surface area contributed by atoms with Crippen LogP contribution in [-0.2, 0) is 10.0 Å². The zero-order valence-corrected chi connectivity index (χ0v) is 17.4. The lowest BCUT2D eigenvalue weighted by molar-refractivity contribution is 0.414. The van der Waals surface area contributed by atoms with Crippen molar-refractivity contribution in [3.63, 3.8) is 0 Å². The number of nitrogens with zero attached hydrogens (tertiary/aromatic N) is 1. The van der Waals surface area contributed by atoms with Crippen molar-refractivity contribution in [3.05, 3.63) is 48.0 Å². The van der Waals surface area contributed by atoms with Gasteiger partial charge in [0.05, 0.1) is 24.4 Å². The first-order valence-electron chi connectivity index (χ1n) is 8.13. The maximum Gasteiger partial charge on any atom is 0.216 e. The Hall–Kier alpha value is -1.81. The van der Waals surface area contributed by atoms with Gasteiger partial charge in [0, 0.05) is 5.75 Å². The highest BCUT2D eigenvalue weighted by atomic mass is 32.2. The quantitative estimate of drug-likeness (QED) is 0.553. The molecule has 0 amide bonds. The smallest absolute Gasteiger partial charge is 0.216 e. The van der Waals surface area contributed by atoms with Gasteiger partial charge in [-0.05, 0) is 42.3 Å². The van der Waals surface area contributed by atoms with Gasteiger partial charge in [0.15, 0.2) is 4.34 Å². The molecule has 27 heavy (non-hydrogen) atoms. The Morgan fingerprint density at radius 1 is 1.15 bits per heavy atom. The van der Waals surface area contributed by atoms with Gasteiger partial charge in [-0.3, -0.25) is 0 Å². The van der Waals surface area contributed by atoms with Crippen molar-refractivity contribution in [2.24, 2.45) is 5.14 Å². The zero-order valence-electron chi connectivity index (χ0n) is 14.9. The van der Waals surface area contributed by atoms with Crippen molar-refractivity contribution in [1.29, 1.82) is 0 Å². The number of sulfonamides is 1. The lowest BCUT2D eigenvalue weighted by atomic mass is 10.1. The van der Waals surface area contributed by atoms with Gasteiger partial charge in [-0.15, -0.1) is 11.3 Å². The molecule has 1 unspecified atom stereocenters. The summed E-state index contributed by atoms with van der Waals surface area (Å²) in [5.74, 6) is 1.97. The third kappa shape index (κ3) is 4.92. The van der Waals surface area contributed by atoms with Gasteiger partial charge in [-0.1, -0.05) is 23.9 Å². The van der Waals surface area contributed by atoms with Crippen LogP contribution in [-0.4, -0.2) is 33.4 Å². The molecule has 144 valence electrons. The van der Waals surface area contributed by atoms with Crippen molar-refractivity contribution >= 4 is 43.3 Å². The average molecular weight is 425 g/mol. The normalized spacial score (nSPS) is 12.9. The average Bonchev–Trinajstić information content (AvgIpc) is 3.06. The van der Waals surface area contributed by atoms with E-state index in [-0.39, 0.29) is 0 Å². The summed E-state index contributed by atoms with van der Waals surface area (Å²) in [6.07, 6.45) is 0.385. The molecular formula is C18H20N2O4S3. The molecule has 1 heterocycles. The molecule has 9 heteroatoms. The molecule has 2 aromatic carbocycles. The van der Waals surface area contributed by atoms with Crippen molar-refractivity contribution in [2.75, 3.05) is 20.0 Å². The highest BCUT2D eigenvalue weighted by Crippen LogP contribution is 2.34. The molecule has 0 saturated heterocycles. The monoisotopic (exact) mass is 424 g/mol. The van der Waals surface area contributed by atoms with Crippen LogP contribution in [0.4, 0.5) is 0 Å². The molecule has 0 radical (unpaired) electrons. The molecule has 0 aliphatic rings. The highest BCUT2D eigenvalue weighted by molar-refractivity contribution is 8.01. The Labute approximate surface area is 166 Å². The van der Waals surface area contributed by atoms with E-state index in [0.717, 1.165) is 20.3 Å². The van der Waals surface area contributed by atoms with Gasteiger partial charge < -0.3 is 9.47 Å². The third-order valence-corrected chi connectivity index (χ3v) is 7.54. The minimum absolute atomic E-state index is 0.385.